The second-order valence-electron chi connectivity index (χ2n) is 3.73. The number of rotatable bonds is 1. The average molecular weight is 164 g/mol. The van der Waals surface area contributed by atoms with Crippen LogP contribution in [0.4, 0.5) is 0 Å². The first-order chi connectivity index (χ1) is 5.54. The van der Waals surface area contributed by atoms with Crippen LogP contribution in [-0.4, -0.2) is 5.78 Å². The Morgan fingerprint density at radius 3 is 2.75 bits per heavy atom. The lowest BCUT2D eigenvalue weighted by Gasteiger charge is -2.26. The van der Waals surface area contributed by atoms with Crippen molar-refractivity contribution in [3.63, 3.8) is 0 Å². The van der Waals surface area contributed by atoms with Gasteiger partial charge in [0.2, 0.25) is 0 Å². The Kier molecular flexibility index (Phi) is 2.51. The lowest BCUT2D eigenvalue weighted by atomic mass is 9.77. The monoisotopic (exact) mass is 164 g/mol. The van der Waals surface area contributed by atoms with Gasteiger partial charge >= 0.3 is 0 Å². The summed E-state index contributed by atoms with van der Waals surface area (Å²) in [7, 11) is 0. The second kappa shape index (κ2) is 3.26. The lowest BCUT2D eigenvalue weighted by molar-refractivity contribution is -0.120. The molecule has 2 atom stereocenters. The van der Waals surface area contributed by atoms with Gasteiger partial charge in [0.1, 0.15) is 0 Å². The quantitative estimate of drug-likeness (QED) is 0.544. The van der Waals surface area contributed by atoms with Gasteiger partial charge < -0.3 is 0 Å². The van der Waals surface area contributed by atoms with Crippen LogP contribution >= 0.6 is 0 Å². The molecule has 12 heavy (non-hydrogen) atoms. The largest absolute Gasteiger partial charge is 0.294 e. The maximum Gasteiger partial charge on any atom is 0.161 e. The Morgan fingerprint density at radius 1 is 1.67 bits per heavy atom. The highest BCUT2D eigenvalue weighted by Crippen LogP contribution is 2.30. The van der Waals surface area contributed by atoms with Crippen molar-refractivity contribution in [3.05, 3.63) is 23.8 Å². The molecule has 0 fully saturated rings. The van der Waals surface area contributed by atoms with Crippen molar-refractivity contribution < 1.29 is 4.79 Å². The molecule has 0 aromatic carbocycles. The van der Waals surface area contributed by atoms with Gasteiger partial charge in [0, 0.05) is 5.92 Å². The first kappa shape index (κ1) is 9.24. The SMILES string of the molecule is C=C(C)[C@@H]1CC=C(C)C(=O)[C@H]1C. The molecule has 0 radical (unpaired) electrons. The first-order valence-electron chi connectivity index (χ1n) is 4.40. The van der Waals surface area contributed by atoms with E-state index in [0.717, 1.165) is 17.6 Å². The Bertz CT molecular complexity index is 248. The summed E-state index contributed by atoms with van der Waals surface area (Å²) in [5, 5.41) is 0. The maximum absolute atomic E-state index is 11.5. The third-order valence-electron chi connectivity index (χ3n) is 2.72. The van der Waals surface area contributed by atoms with Crippen molar-refractivity contribution >= 4 is 5.78 Å². The van der Waals surface area contributed by atoms with E-state index in [0.29, 0.717) is 5.92 Å². The lowest BCUT2D eigenvalue weighted by Crippen LogP contribution is -2.25. The van der Waals surface area contributed by atoms with Gasteiger partial charge in [0.25, 0.3) is 0 Å². The van der Waals surface area contributed by atoms with Gasteiger partial charge in [-0.05, 0) is 31.8 Å². The summed E-state index contributed by atoms with van der Waals surface area (Å²) in [5.74, 6) is 0.781. The molecule has 1 heteroatoms. The Balaban J connectivity index is 2.87. The zero-order valence-corrected chi connectivity index (χ0v) is 8.05. The predicted octanol–water partition coefficient (Wildman–Crippen LogP) is 2.73. The van der Waals surface area contributed by atoms with E-state index >= 15 is 0 Å². The van der Waals surface area contributed by atoms with Gasteiger partial charge in [-0.1, -0.05) is 25.2 Å². The minimum atomic E-state index is 0.132. The fourth-order valence-electron chi connectivity index (χ4n) is 1.78. The van der Waals surface area contributed by atoms with Gasteiger partial charge in [-0.15, -0.1) is 0 Å². The summed E-state index contributed by atoms with van der Waals surface area (Å²) in [6.07, 6.45) is 3.01. The molecule has 0 bridgehead atoms. The van der Waals surface area contributed by atoms with Gasteiger partial charge in [0.15, 0.2) is 5.78 Å². The highest BCUT2D eigenvalue weighted by atomic mass is 16.1. The molecular formula is C11H16O. The molecule has 0 aromatic heterocycles. The molecule has 1 aliphatic rings. The Hall–Kier alpha value is -0.850. The van der Waals surface area contributed by atoms with Crippen LogP contribution in [0.2, 0.25) is 0 Å². The van der Waals surface area contributed by atoms with Crippen molar-refractivity contribution in [1.29, 1.82) is 0 Å². The normalized spacial score (nSPS) is 29.9. The zero-order chi connectivity index (χ0) is 9.30. The van der Waals surface area contributed by atoms with Crippen LogP contribution in [0.5, 0.6) is 0 Å². The predicted molar refractivity (Wildman–Crippen MR) is 50.8 cm³/mol. The molecule has 0 heterocycles. The molecule has 1 nitrogen and oxygen atoms in total. The van der Waals surface area contributed by atoms with E-state index in [1.807, 2.05) is 26.8 Å². The van der Waals surface area contributed by atoms with Crippen LogP contribution in [0, 0.1) is 11.8 Å². The summed E-state index contributed by atoms with van der Waals surface area (Å²) in [5.41, 5.74) is 2.04. The minimum Gasteiger partial charge on any atom is -0.294 e. The van der Waals surface area contributed by atoms with Crippen LogP contribution in [0.1, 0.15) is 27.2 Å². The summed E-state index contributed by atoms with van der Waals surface area (Å²) in [6.45, 7) is 9.80. The van der Waals surface area contributed by atoms with Gasteiger partial charge in [-0.25, -0.2) is 0 Å². The van der Waals surface area contributed by atoms with Crippen molar-refractivity contribution in [2.24, 2.45) is 11.8 Å². The fraction of sp³-hybridized carbons (Fsp3) is 0.545. The highest BCUT2D eigenvalue weighted by Gasteiger charge is 2.27. The van der Waals surface area contributed by atoms with E-state index in [9.17, 15) is 4.79 Å². The van der Waals surface area contributed by atoms with E-state index in [1.165, 1.54) is 0 Å². The van der Waals surface area contributed by atoms with Crippen LogP contribution in [0.3, 0.4) is 0 Å². The minimum absolute atomic E-state index is 0.132. The topological polar surface area (TPSA) is 17.1 Å². The molecule has 0 N–H and O–H groups in total. The van der Waals surface area contributed by atoms with Crippen molar-refractivity contribution in [2.45, 2.75) is 27.2 Å². The Morgan fingerprint density at radius 2 is 2.25 bits per heavy atom. The van der Waals surface area contributed by atoms with E-state index in [4.69, 9.17) is 0 Å². The summed E-state index contributed by atoms with van der Waals surface area (Å²) >= 11 is 0. The molecule has 0 saturated heterocycles. The molecular weight excluding hydrogens is 148 g/mol. The highest BCUT2D eigenvalue weighted by molar-refractivity contribution is 5.97. The second-order valence-corrected chi connectivity index (χ2v) is 3.73. The number of carbonyl (C=O) groups is 1. The third kappa shape index (κ3) is 1.50. The smallest absolute Gasteiger partial charge is 0.161 e. The van der Waals surface area contributed by atoms with Gasteiger partial charge in [0.05, 0.1) is 0 Å². The first-order valence-corrected chi connectivity index (χ1v) is 4.40. The molecule has 0 aromatic rings. The molecule has 0 amide bonds. The number of carbonyl (C=O) groups excluding carboxylic acids is 1. The van der Waals surface area contributed by atoms with Gasteiger partial charge in [-0.2, -0.15) is 0 Å². The van der Waals surface area contributed by atoms with E-state index in [-0.39, 0.29) is 11.7 Å². The molecule has 0 unspecified atom stereocenters. The van der Waals surface area contributed by atoms with E-state index < -0.39 is 0 Å². The van der Waals surface area contributed by atoms with Crippen LogP contribution in [0.25, 0.3) is 0 Å². The fourth-order valence-corrected chi connectivity index (χ4v) is 1.78. The zero-order valence-electron chi connectivity index (χ0n) is 8.05. The summed E-state index contributed by atoms with van der Waals surface area (Å²) < 4.78 is 0. The van der Waals surface area contributed by atoms with Gasteiger partial charge in [-0.3, -0.25) is 4.79 Å². The Labute approximate surface area is 74.2 Å². The average Bonchev–Trinajstić information content (AvgIpc) is 2.00. The summed E-state index contributed by atoms with van der Waals surface area (Å²) in [6, 6.07) is 0. The van der Waals surface area contributed by atoms with E-state index in [2.05, 4.69) is 6.58 Å². The molecule has 0 saturated carbocycles. The number of Topliss-reactive ketones (excluding diaryl/α,β-unsaturated/α-hetero) is 1. The number of hydrogen-bond acceptors (Lipinski definition) is 1. The summed E-state index contributed by atoms with van der Waals surface area (Å²) in [4.78, 5) is 11.5. The number of hydrogen-bond donors (Lipinski definition) is 0. The number of allylic oxidation sites excluding steroid dienone is 3. The molecule has 1 aliphatic carbocycles. The molecule has 0 spiro atoms. The molecule has 1 rings (SSSR count). The standard InChI is InChI=1S/C11H16O/c1-7(2)10-6-5-8(3)11(12)9(10)4/h5,9-10H,1,6H2,2-4H3/t9-,10-/m0/s1. The van der Waals surface area contributed by atoms with Crippen molar-refractivity contribution in [3.8, 4) is 0 Å². The number of ketones is 1. The van der Waals surface area contributed by atoms with Crippen LogP contribution in [-0.2, 0) is 4.79 Å². The van der Waals surface area contributed by atoms with Crippen LogP contribution < -0.4 is 0 Å². The third-order valence-corrected chi connectivity index (χ3v) is 2.72. The van der Waals surface area contributed by atoms with Crippen molar-refractivity contribution in [2.75, 3.05) is 0 Å². The van der Waals surface area contributed by atoms with Crippen molar-refractivity contribution in [1.82, 2.24) is 0 Å². The molecule has 0 aliphatic heterocycles. The maximum atomic E-state index is 11.5. The van der Waals surface area contributed by atoms with E-state index in [1.54, 1.807) is 0 Å². The molecule has 66 valence electrons. The van der Waals surface area contributed by atoms with Crippen LogP contribution in [0.15, 0.2) is 23.8 Å².